The second-order valence-corrected chi connectivity index (χ2v) is 4.75. The summed E-state index contributed by atoms with van der Waals surface area (Å²) in [6.45, 7) is 3.83. The van der Waals surface area contributed by atoms with E-state index in [2.05, 4.69) is 26.2 Å². The van der Waals surface area contributed by atoms with Crippen LogP contribution in [0.15, 0.2) is 9.30 Å². The van der Waals surface area contributed by atoms with Gasteiger partial charge in [0.15, 0.2) is 3.92 Å². The zero-order valence-electron chi connectivity index (χ0n) is 6.80. The van der Waals surface area contributed by atoms with Crippen LogP contribution in [0.2, 0.25) is 0 Å². The third-order valence-corrected chi connectivity index (χ3v) is 2.49. The van der Waals surface area contributed by atoms with Gasteiger partial charge in [0, 0.05) is 11.4 Å². The number of rotatable bonds is 2. The van der Waals surface area contributed by atoms with Crippen molar-refractivity contribution >= 4 is 33.2 Å². The smallest absolute Gasteiger partial charge is 0.270 e. The molecule has 1 N–H and O–H groups in total. The minimum atomic E-state index is -0.119. The summed E-state index contributed by atoms with van der Waals surface area (Å²) in [5.41, 5.74) is 0.473. The summed E-state index contributed by atoms with van der Waals surface area (Å²) in [6, 6.07) is 0.151. The molecule has 0 bridgehead atoms. The van der Waals surface area contributed by atoms with Crippen LogP contribution in [0, 0.1) is 0 Å². The molecular weight excluding hydrogens is 240 g/mol. The molecular formula is C7H9BrN2OS. The van der Waals surface area contributed by atoms with E-state index in [4.69, 9.17) is 0 Å². The van der Waals surface area contributed by atoms with Gasteiger partial charge in [-0.2, -0.15) is 0 Å². The molecule has 66 valence electrons. The Hall–Kier alpha value is -0.420. The van der Waals surface area contributed by atoms with Crippen molar-refractivity contribution in [3.05, 3.63) is 15.0 Å². The van der Waals surface area contributed by atoms with Gasteiger partial charge in [0.2, 0.25) is 0 Å². The van der Waals surface area contributed by atoms with Crippen LogP contribution in [0.1, 0.15) is 24.3 Å². The molecule has 0 aromatic carbocycles. The van der Waals surface area contributed by atoms with E-state index in [1.54, 1.807) is 5.38 Å². The number of carbonyl (C=O) groups is 1. The lowest BCUT2D eigenvalue weighted by Crippen LogP contribution is -2.30. The summed E-state index contributed by atoms with van der Waals surface area (Å²) < 4.78 is 0.733. The Kier molecular flexibility index (Phi) is 3.22. The number of halogens is 1. The molecule has 1 aromatic heterocycles. The van der Waals surface area contributed by atoms with E-state index in [1.165, 1.54) is 11.3 Å². The molecule has 0 saturated carbocycles. The maximum absolute atomic E-state index is 11.3. The highest BCUT2D eigenvalue weighted by Gasteiger charge is 2.09. The van der Waals surface area contributed by atoms with Crippen LogP contribution < -0.4 is 5.32 Å². The predicted octanol–water partition coefficient (Wildman–Crippen LogP) is 2.04. The number of thiazole rings is 1. The zero-order chi connectivity index (χ0) is 9.14. The molecule has 0 radical (unpaired) electrons. The van der Waals surface area contributed by atoms with E-state index in [-0.39, 0.29) is 11.9 Å². The number of carbonyl (C=O) groups excluding carboxylic acids is 1. The molecule has 0 fully saturated rings. The summed E-state index contributed by atoms with van der Waals surface area (Å²) in [4.78, 5) is 15.3. The van der Waals surface area contributed by atoms with E-state index in [1.807, 2.05) is 13.8 Å². The van der Waals surface area contributed by atoms with Gasteiger partial charge in [0.05, 0.1) is 0 Å². The average molecular weight is 249 g/mol. The van der Waals surface area contributed by atoms with Gasteiger partial charge in [-0.15, -0.1) is 11.3 Å². The normalized spacial score (nSPS) is 10.3. The minimum absolute atomic E-state index is 0.119. The van der Waals surface area contributed by atoms with Crippen LogP contribution >= 0.6 is 27.3 Å². The molecule has 5 heteroatoms. The molecule has 0 unspecified atom stereocenters. The average Bonchev–Trinajstić information content (AvgIpc) is 2.34. The Morgan fingerprint density at radius 2 is 2.42 bits per heavy atom. The first-order chi connectivity index (χ1) is 5.59. The first-order valence-corrected chi connectivity index (χ1v) is 5.18. The topological polar surface area (TPSA) is 42.0 Å². The number of hydrogen-bond acceptors (Lipinski definition) is 3. The summed E-state index contributed by atoms with van der Waals surface area (Å²) in [6.07, 6.45) is 0. The van der Waals surface area contributed by atoms with Crippen molar-refractivity contribution < 1.29 is 4.79 Å². The predicted molar refractivity (Wildman–Crippen MR) is 52.4 cm³/mol. The van der Waals surface area contributed by atoms with Gasteiger partial charge in [0.25, 0.3) is 5.91 Å². The summed E-state index contributed by atoms with van der Waals surface area (Å²) in [5, 5.41) is 4.48. The standard InChI is InChI=1S/C7H9BrN2OS/c1-4(2)9-6(11)5-3-12-7(8)10-5/h3-4H,1-2H3,(H,9,11). The first-order valence-electron chi connectivity index (χ1n) is 3.51. The van der Waals surface area contributed by atoms with Gasteiger partial charge in [-0.1, -0.05) is 0 Å². The second kappa shape index (κ2) is 4.00. The van der Waals surface area contributed by atoms with Crippen LogP contribution in [0.3, 0.4) is 0 Å². The van der Waals surface area contributed by atoms with Gasteiger partial charge in [0.1, 0.15) is 5.69 Å². The Morgan fingerprint density at radius 3 is 2.83 bits per heavy atom. The molecule has 0 aliphatic rings. The van der Waals surface area contributed by atoms with Crippen LogP contribution in [-0.2, 0) is 0 Å². The SMILES string of the molecule is CC(C)NC(=O)c1csc(Br)n1. The van der Waals surface area contributed by atoms with Crippen LogP contribution in [-0.4, -0.2) is 16.9 Å². The zero-order valence-corrected chi connectivity index (χ0v) is 9.20. The van der Waals surface area contributed by atoms with Crippen molar-refractivity contribution in [2.24, 2.45) is 0 Å². The Balaban J connectivity index is 2.65. The second-order valence-electron chi connectivity index (χ2n) is 2.61. The van der Waals surface area contributed by atoms with E-state index in [0.29, 0.717) is 5.69 Å². The van der Waals surface area contributed by atoms with Gasteiger partial charge >= 0.3 is 0 Å². The summed E-state index contributed by atoms with van der Waals surface area (Å²) in [7, 11) is 0. The lowest BCUT2D eigenvalue weighted by molar-refractivity contribution is 0.0938. The molecule has 0 spiro atoms. The first kappa shape index (κ1) is 9.67. The number of nitrogens with zero attached hydrogens (tertiary/aromatic N) is 1. The highest BCUT2D eigenvalue weighted by Crippen LogP contribution is 2.15. The highest BCUT2D eigenvalue weighted by atomic mass is 79.9. The molecule has 0 aliphatic heterocycles. The maximum Gasteiger partial charge on any atom is 0.270 e. The summed E-state index contributed by atoms with van der Waals surface area (Å²) in [5.74, 6) is -0.119. The van der Waals surface area contributed by atoms with Gasteiger partial charge in [-0.3, -0.25) is 4.79 Å². The number of hydrogen-bond donors (Lipinski definition) is 1. The lowest BCUT2D eigenvalue weighted by atomic mass is 10.3. The molecule has 3 nitrogen and oxygen atoms in total. The van der Waals surface area contributed by atoms with Crippen LogP contribution in [0.5, 0.6) is 0 Å². The molecule has 1 heterocycles. The Bertz CT molecular complexity index is 285. The van der Waals surface area contributed by atoms with Crippen molar-refractivity contribution in [2.75, 3.05) is 0 Å². The van der Waals surface area contributed by atoms with E-state index >= 15 is 0 Å². The fourth-order valence-corrected chi connectivity index (χ4v) is 1.68. The molecule has 0 aliphatic carbocycles. The van der Waals surface area contributed by atoms with Crippen molar-refractivity contribution in [1.29, 1.82) is 0 Å². The number of amides is 1. The van der Waals surface area contributed by atoms with Crippen molar-refractivity contribution in [3.63, 3.8) is 0 Å². The van der Waals surface area contributed by atoms with Crippen LogP contribution in [0.25, 0.3) is 0 Å². The molecule has 0 atom stereocenters. The third kappa shape index (κ3) is 2.57. The largest absolute Gasteiger partial charge is 0.349 e. The van der Waals surface area contributed by atoms with Crippen molar-refractivity contribution in [1.82, 2.24) is 10.3 Å². The fourth-order valence-electron chi connectivity index (χ4n) is 0.692. The van der Waals surface area contributed by atoms with E-state index < -0.39 is 0 Å². The number of aromatic nitrogens is 1. The maximum atomic E-state index is 11.3. The van der Waals surface area contributed by atoms with Gasteiger partial charge in [-0.25, -0.2) is 4.98 Å². The number of nitrogens with one attached hydrogen (secondary N) is 1. The fraction of sp³-hybridized carbons (Fsp3) is 0.429. The Morgan fingerprint density at radius 1 is 1.75 bits per heavy atom. The van der Waals surface area contributed by atoms with Crippen molar-refractivity contribution in [2.45, 2.75) is 19.9 Å². The van der Waals surface area contributed by atoms with E-state index in [9.17, 15) is 4.79 Å². The molecule has 12 heavy (non-hydrogen) atoms. The Labute approximate surface area is 83.3 Å². The minimum Gasteiger partial charge on any atom is -0.349 e. The van der Waals surface area contributed by atoms with E-state index in [0.717, 1.165) is 3.92 Å². The lowest BCUT2D eigenvalue weighted by Gasteiger charge is -2.04. The van der Waals surface area contributed by atoms with Crippen LogP contribution in [0.4, 0.5) is 0 Å². The van der Waals surface area contributed by atoms with Gasteiger partial charge in [-0.05, 0) is 29.8 Å². The monoisotopic (exact) mass is 248 g/mol. The summed E-state index contributed by atoms with van der Waals surface area (Å²) >= 11 is 4.60. The highest BCUT2D eigenvalue weighted by molar-refractivity contribution is 9.11. The van der Waals surface area contributed by atoms with Gasteiger partial charge < -0.3 is 5.32 Å². The van der Waals surface area contributed by atoms with Crippen molar-refractivity contribution in [3.8, 4) is 0 Å². The third-order valence-electron chi connectivity index (χ3n) is 1.13. The molecule has 0 saturated heterocycles. The molecule has 1 rings (SSSR count). The quantitative estimate of drug-likeness (QED) is 0.871. The molecule has 1 aromatic rings. The molecule has 1 amide bonds.